The summed E-state index contributed by atoms with van der Waals surface area (Å²) in [4.78, 5) is 8.57. The molecule has 0 radical (unpaired) electrons. The zero-order valence-corrected chi connectivity index (χ0v) is 12.5. The van der Waals surface area contributed by atoms with Crippen molar-refractivity contribution in [2.75, 3.05) is 5.73 Å². The third kappa shape index (κ3) is 3.12. The molecule has 0 unspecified atom stereocenters. The quantitative estimate of drug-likeness (QED) is 0.897. The van der Waals surface area contributed by atoms with Crippen molar-refractivity contribution in [1.29, 1.82) is 0 Å². The zero-order valence-electron chi connectivity index (χ0n) is 10.9. The van der Waals surface area contributed by atoms with E-state index >= 15 is 0 Å². The highest BCUT2D eigenvalue weighted by molar-refractivity contribution is 9.10. The summed E-state index contributed by atoms with van der Waals surface area (Å²) >= 11 is 3.36. The van der Waals surface area contributed by atoms with E-state index in [1.165, 1.54) is 12.1 Å². The topological polar surface area (TPSA) is 51.8 Å². The molecule has 20 heavy (non-hydrogen) atoms. The van der Waals surface area contributed by atoms with Gasteiger partial charge in [-0.1, -0.05) is 31.5 Å². The molecule has 1 aromatic carbocycles. The van der Waals surface area contributed by atoms with E-state index in [1.54, 1.807) is 12.1 Å². The fourth-order valence-corrected chi connectivity index (χ4v) is 2.23. The van der Waals surface area contributed by atoms with Crippen LogP contribution in [0.3, 0.4) is 0 Å². The molecule has 3 nitrogen and oxygen atoms in total. The number of hydrogen-bond donors (Lipinski definition) is 1. The molecule has 0 aliphatic carbocycles. The monoisotopic (exact) mass is 341 g/mol. The Hall–Kier alpha value is -1.56. The molecule has 2 rings (SSSR count). The number of anilines is 1. The van der Waals surface area contributed by atoms with Gasteiger partial charge in [-0.05, 0) is 28.4 Å². The Morgan fingerprint density at radius 3 is 2.70 bits per heavy atom. The third-order valence-electron chi connectivity index (χ3n) is 2.83. The van der Waals surface area contributed by atoms with Gasteiger partial charge in [0.15, 0.2) is 5.82 Å². The molecule has 1 heterocycles. The minimum Gasteiger partial charge on any atom is -0.383 e. The molecular formula is C14H14BrF2N3. The van der Waals surface area contributed by atoms with Gasteiger partial charge < -0.3 is 5.73 Å². The minimum absolute atomic E-state index is 0.0513. The Morgan fingerprint density at radius 2 is 2.05 bits per heavy atom. The summed E-state index contributed by atoms with van der Waals surface area (Å²) in [5, 5.41) is 0. The number of hydrogen-bond acceptors (Lipinski definition) is 3. The van der Waals surface area contributed by atoms with Crippen molar-refractivity contribution in [3.63, 3.8) is 0 Å². The van der Waals surface area contributed by atoms with Gasteiger partial charge in [-0.15, -0.1) is 0 Å². The summed E-state index contributed by atoms with van der Waals surface area (Å²) in [6.07, 6.45) is -0.863. The van der Waals surface area contributed by atoms with E-state index in [2.05, 4.69) is 25.9 Å². The molecule has 2 aromatic rings. The smallest absolute Gasteiger partial charge is 0.263 e. The van der Waals surface area contributed by atoms with Crippen LogP contribution in [0.15, 0.2) is 28.7 Å². The van der Waals surface area contributed by atoms with Crippen molar-refractivity contribution in [2.45, 2.75) is 26.2 Å². The Bertz CT molecular complexity index is 617. The SMILES string of the molecule is CCCc1nc(-c2cccc(C(F)F)c2)nc(N)c1Br. The van der Waals surface area contributed by atoms with Crippen molar-refractivity contribution in [3.8, 4) is 11.4 Å². The molecule has 106 valence electrons. The standard InChI is InChI=1S/C14H14BrF2N3/c1-2-4-10-11(15)13(18)20-14(19-10)9-6-3-5-8(7-9)12(16)17/h3,5-7,12H,2,4H2,1H3,(H2,18,19,20). The van der Waals surface area contributed by atoms with E-state index in [-0.39, 0.29) is 5.56 Å². The second-order valence-electron chi connectivity index (χ2n) is 4.37. The average molecular weight is 342 g/mol. The second-order valence-corrected chi connectivity index (χ2v) is 5.16. The van der Waals surface area contributed by atoms with Gasteiger partial charge in [-0.3, -0.25) is 0 Å². The van der Waals surface area contributed by atoms with Gasteiger partial charge in [0.2, 0.25) is 0 Å². The summed E-state index contributed by atoms with van der Waals surface area (Å²) in [6, 6.07) is 6.04. The fraction of sp³-hybridized carbons (Fsp3) is 0.286. The van der Waals surface area contributed by atoms with Crippen molar-refractivity contribution < 1.29 is 8.78 Å². The summed E-state index contributed by atoms with van der Waals surface area (Å²) in [5.74, 6) is 0.692. The Kier molecular flexibility index (Phi) is 4.65. The molecule has 2 N–H and O–H groups in total. The van der Waals surface area contributed by atoms with E-state index < -0.39 is 6.43 Å². The highest BCUT2D eigenvalue weighted by Gasteiger charge is 2.13. The van der Waals surface area contributed by atoms with Crippen LogP contribution in [0.1, 0.15) is 31.0 Å². The maximum Gasteiger partial charge on any atom is 0.263 e. The lowest BCUT2D eigenvalue weighted by Crippen LogP contribution is -2.03. The van der Waals surface area contributed by atoms with Crippen molar-refractivity contribution in [3.05, 3.63) is 40.0 Å². The predicted molar refractivity (Wildman–Crippen MR) is 78.5 cm³/mol. The van der Waals surface area contributed by atoms with Gasteiger partial charge in [-0.2, -0.15) is 0 Å². The first-order chi connectivity index (χ1) is 9.52. The van der Waals surface area contributed by atoms with Gasteiger partial charge in [-0.25, -0.2) is 18.7 Å². The Balaban J connectivity index is 2.49. The van der Waals surface area contributed by atoms with Crippen LogP contribution in [0.4, 0.5) is 14.6 Å². The number of nitrogens with two attached hydrogens (primary N) is 1. The van der Waals surface area contributed by atoms with Crippen molar-refractivity contribution >= 4 is 21.7 Å². The molecule has 0 aliphatic heterocycles. The lowest BCUT2D eigenvalue weighted by Gasteiger charge is -2.09. The van der Waals surface area contributed by atoms with E-state index in [4.69, 9.17) is 5.73 Å². The molecule has 0 saturated heterocycles. The van der Waals surface area contributed by atoms with Gasteiger partial charge in [0.1, 0.15) is 5.82 Å². The normalized spacial score (nSPS) is 11.1. The van der Waals surface area contributed by atoms with Gasteiger partial charge in [0.05, 0.1) is 10.2 Å². The first-order valence-corrected chi connectivity index (χ1v) is 7.02. The Morgan fingerprint density at radius 1 is 1.30 bits per heavy atom. The molecule has 0 amide bonds. The molecule has 6 heteroatoms. The number of nitrogen functional groups attached to an aromatic ring is 1. The van der Waals surface area contributed by atoms with Gasteiger partial charge in [0, 0.05) is 11.1 Å². The highest BCUT2D eigenvalue weighted by Crippen LogP contribution is 2.28. The van der Waals surface area contributed by atoms with E-state index in [9.17, 15) is 8.78 Å². The molecule has 0 bridgehead atoms. The molecule has 0 saturated carbocycles. The summed E-state index contributed by atoms with van der Waals surface area (Å²) in [6.45, 7) is 2.03. The number of benzene rings is 1. The molecule has 0 fully saturated rings. The maximum atomic E-state index is 12.7. The number of rotatable bonds is 4. The first kappa shape index (κ1) is 14.8. The predicted octanol–water partition coefficient (Wildman–Crippen LogP) is 4.38. The van der Waals surface area contributed by atoms with Crippen LogP contribution < -0.4 is 5.73 Å². The Labute approximate surface area is 124 Å². The number of aromatic nitrogens is 2. The number of halogens is 3. The fourth-order valence-electron chi connectivity index (χ4n) is 1.86. The molecule has 1 aromatic heterocycles. The first-order valence-electron chi connectivity index (χ1n) is 6.23. The lowest BCUT2D eigenvalue weighted by atomic mass is 10.1. The van der Waals surface area contributed by atoms with E-state index in [0.29, 0.717) is 21.7 Å². The van der Waals surface area contributed by atoms with Crippen LogP contribution in [-0.4, -0.2) is 9.97 Å². The maximum absolute atomic E-state index is 12.7. The number of nitrogens with zero attached hydrogens (tertiary/aromatic N) is 2. The average Bonchev–Trinajstić information content (AvgIpc) is 2.44. The van der Waals surface area contributed by atoms with E-state index in [0.717, 1.165) is 18.5 Å². The minimum atomic E-state index is -2.52. The van der Waals surface area contributed by atoms with Crippen molar-refractivity contribution in [1.82, 2.24) is 9.97 Å². The lowest BCUT2D eigenvalue weighted by molar-refractivity contribution is 0.151. The summed E-state index contributed by atoms with van der Waals surface area (Å²) in [5.41, 5.74) is 7.12. The van der Waals surface area contributed by atoms with Crippen LogP contribution in [0.5, 0.6) is 0 Å². The molecule has 0 spiro atoms. The van der Waals surface area contributed by atoms with E-state index in [1.807, 2.05) is 6.92 Å². The third-order valence-corrected chi connectivity index (χ3v) is 3.69. The van der Waals surface area contributed by atoms with Crippen LogP contribution in [0.2, 0.25) is 0 Å². The van der Waals surface area contributed by atoms with Gasteiger partial charge >= 0.3 is 0 Å². The van der Waals surface area contributed by atoms with Gasteiger partial charge in [0.25, 0.3) is 6.43 Å². The highest BCUT2D eigenvalue weighted by atomic mass is 79.9. The van der Waals surface area contributed by atoms with Crippen LogP contribution >= 0.6 is 15.9 Å². The second kappa shape index (κ2) is 6.26. The molecular weight excluding hydrogens is 328 g/mol. The van der Waals surface area contributed by atoms with Crippen molar-refractivity contribution in [2.24, 2.45) is 0 Å². The van der Waals surface area contributed by atoms with Crippen LogP contribution in [-0.2, 0) is 6.42 Å². The summed E-state index contributed by atoms with van der Waals surface area (Å²) < 4.78 is 26.1. The zero-order chi connectivity index (χ0) is 14.7. The van der Waals surface area contributed by atoms with Crippen LogP contribution in [0.25, 0.3) is 11.4 Å². The summed E-state index contributed by atoms with van der Waals surface area (Å²) in [7, 11) is 0. The molecule has 0 aliphatic rings. The number of aryl methyl sites for hydroxylation is 1. The number of alkyl halides is 2. The molecule has 0 atom stereocenters. The largest absolute Gasteiger partial charge is 0.383 e. The van der Waals surface area contributed by atoms with Crippen LogP contribution in [0, 0.1) is 0 Å².